The Morgan fingerprint density at radius 1 is 0.179 bits per heavy atom. The van der Waals surface area contributed by atoms with Crippen LogP contribution >= 0.6 is 35.3 Å². The van der Waals surface area contributed by atoms with Crippen molar-refractivity contribution >= 4 is 133 Å². The summed E-state index contributed by atoms with van der Waals surface area (Å²) in [5.41, 5.74) is 30.2. The molecular weight excluding hydrogens is 1550 g/mol. The van der Waals surface area contributed by atoms with Gasteiger partial charge in [-0.1, -0.05) is 320 Å². The van der Waals surface area contributed by atoms with Gasteiger partial charge >= 0.3 is 0 Å². The number of imidazole rings is 3. The first-order chi connectivity index (χ1) is 60.6. The summed E-state index contributed by atoms with van der Waals surface area (Å²) in [6.45, 7) is 6.27. The molecule has 3 aromatic heterocycles. The average molecular weight is 1620 g/mol. The molecule has 9 heteroatoms. The molecule has 3 aliphatic rings. The van der Waals surface area contributed by atoms with E-state index >= 15 is 0 Å². The number of rotatable bonds is 8. The quantitative estimate of drug-likeness (QED) is 0.141. The molecule has 26 rings (SSSR count). The number of aryl methyl sites for hydroxylation is 3. The van der Waals surface area contributed by atoms with Crippen molar-refractivity contribution in [3.63, 3.8) is 0 Å². The lowest BCUT2D eigenvalue weighted by Gasteiger charge is -2.20. The van der Waals surface area contributed by atoms with Crippen LogP contribution in [0.3, 0.4) is 0 Å². The van der Waals surface area contributed by atoms with Crippen molar-refractivity contribution in [2.75, 3.05) is 0 Å². The lowest BCUT2D eigenvalue weighted by molar-refractivity contribution is 0.963. The maximum atomic E-state index is 4.85. The van der Waals surface area contributed by atoms with Crippen LogP contribution in [0.4, 0.5) is 0 Å². The summed E-state index contributed by atoms with van der Waals surface area (Å²) in [6.07, 6.45) is 0. The second-order valence-corrected chi connectivity index (χ2v) is 35.5. The fraction of sp³-hybridized carbons (Fsp3) is 0.0263. The van der Waals surface area contributed by atoms with Crippen LogP contribution < -0.4 is 0 Å². The van der Waals surface area contributed by atoms with Crippen molar-refractivity contribution < 1.29 is 0 Å². The van der Waals surface area contributed by atoms with Gasteiger partial charge in [0.2, 0.25) is 0 Å². The van der Waals surface area contributed by atoms with Gasteiger partial charge in [0.05, 0.1) is 50.2 Å². The summed E-state index contributed by atoms with van der Waals surface area (Å²) in [5, 5.41) is 15.1. The zero-order chi connectivity index (χ0) is 81.5. The molecule has 0 bridgehead atoms. The molecule has 0 N–H and O–H groups in total. The second kappa shape index (κ2) is 29.4. The number of hydrogen-bond acceptors (Lipinski definition) is 6. The Hall–Kier alpha value is -14.6. The van der Waals surface area contributed by atoms with Crippen LogP contribution in [-0.4, -0.2) is 28.7 Å². The Morgan fingerprint density at radius 2 is 0.439 bits per heavy atom. The molecule has 0 radical (unpaired) electrons. The van der Waals surface area contributed by atoms with Gasteiger partial charge in [-0.15, -0.1) is 0 Å². The highest BCUT2D eigenvalue weighted by Crippen LogP contribution is 2.51. The summed E-state index contributed by atoms with van der Waals surface area (Å²) in [5.74, 6) is 3.09. The minimum atomic E-state index is 1.02. The van der Waals surface area contributed by atoms with Crippen molar-refractivity contribution in [1.82, 2.24) is 28.7 Å². The third-order valence-electron chi connectivity index (χ3n) is 24.9. The minimum Gasteiger partial charge on any atom is -0.294 e. The van der Waals surface area contributed by atoms with Crippen molar-refractivity contribution in [1.29, 1.82) is 0 Å². The Balaban J connectivity index is 0.000000111. The molecule has 23 aromatic rings. The zero-order valence-corrected chi connectivity index (χ0v) is 69.9. The van der Waals surface area contributed by atoms with Gasteiger partial charge in [0, 0.05) is 29.4 Å². The Morgan fingerprint density at radius 3 is 0.837 bits per heavy atom. The maximum Gasteiger partial charge on any atom is 0.111 e. The average Bonchev–Trinajstić information content (AvgIpc) is 1.62. The summed E-state index contributed by atoms with van der Waals surface area (Å²) in [4.78, 5) is 22.0. The van der Waals surface area contributed by atoms with E-state index in [0.717, 1.165) is 34.0 Å². The highest BCUT2D eigenvalue weighted by Gasteiger charge is 2.27. The van der Waals surface area contributed by atoms with Crippen LogP contribution in [-0.2, 0) is 0 Å². The largest absolute Gasteiger partial charge is 0.294 e. The summed E-state index contributed by atoms with van der Waals surface area (Å²) >= 11 is 5.51. The van der Waals surface area contributed by atoms with Crippen molar-refractivity contribution in [3.8, 4) is 106 Å². The van der Waals surface area contributed by atoms with E-state index < -0.39 is 0 Å². The third kappa shape index (κ3) is 12.6. The normalized spacial score (nSPS) is 12.3. The molecule has 0 atom stereocenters. The molecule has 578 valence electrons. The first-order valence-electron chi connectivity index (χ1n) is 41.8. The standard InChI is InChI=1S/C54H34N2S.2C30H20N2S/c1-33-55-48-15-8-16-50-54(48)56(33)49-28-26-41(32-51(49)57-50)37-19-17-36(18-20-37)40-25-27-46-47(31-40)53(43-24-22-35-10-3-5-12-39(35)30-43)45-14-7-6-13-44(45)52(46)42-23-21-34-9-2-4-11-38(34)29-42;1-19-31-26-7-4-8-28-30(26)32(19)27-16-15-25(18-29(27)33-28)22-11-9-21(10-12-22)24-14-13-20-5-2-3-6-23(20)17-24;1-19-31-26-8-5-9-28-30(26)32(19)27-15-14-25(18-29(27)33-28)24-13-12-22-16-21(10-11-23(22)17-24)20-6-3-2-4-7-20/h2-32H,1H3;2*2-18H,1H3. The van der Waals surface area contributed by atoms with Gasteiger partial charge in [0.25, 0.3) is 0 Å². The van der Waals surface area contributed by atoms with Gasteiger partial charge in [-0.05, 0) is 284 Å². The summed E-state index contributed by atoms with van der Waals surface area (Å²) in [6, 6.07) is 144. The Bertz CT molecular complexity index is 8320. The number of fused-ring (bicyclic) bond motifs is 12. The van der Waals surface area contributed by atoms with Crippen LogP contribution in [0.5, 0.6) is 0 Å². The van der Waals surface area contributed by atoms with Crippen molar-refractivity contribution in [2.45, 2.75) is 50.1 Å². The smallest absolute Gasteiger partial charge is 0.111 e. The molecule has 0 fully saturated rings. The highest BCUT2D eigenvalue weighted by atomic mass is 32.2. The summed E-state index contributed by atoms with van der Waals surface area (Å²) < 4.78 is 6.90. The molecule has 0 aliphatic carbocycles. The first kappa shape index (κ1) is 72.4. The van der Waals surface area contributed by atoms with Crippen LogP contribution in [0.1, 0.15) is 17.5 Å². The molecule has 3 aliphatic heterocycles. The molecule has 0 amide bonds. The van der Waals surface area contributed by atoms with E-state index in [1.54, 1.807) is 0 Å². The summed E-state index contributed by atoms with van der Waals surface area (Å²) in [7, 11) is 0. The van der Waals surface area contributed by atoms with E-state index in [0.29, 0.717) is 0 Å². The predicted molar refractivity (Wildman–Crippen MR) is 518 cm³/mol. The molecule has 0 spiro atoms. The van der Waals surface area contributed by atoms with Gasteiger partial charge in [0.1, 0.15) is 17.5 Å². The Labute approximate surface area is 724 Å². The highest BCUT2D eigenvalue weighted by molar-refractivity contribution is 8.00. The van der Waals surface area contributed by atoms with E-state index in [1.165, 1.54) is 217 Å². The molecule has 0 saturated carbocycles. The third-order valence-corrected chi connectivity index (χ3v) is 28.2. The van der Waals surface area contributed by atoms with E-state index in [2.05, 4.69) is 429 Å². The van der Waals surface area contributed by atoms with Crippen LogP contribution in [0.2, 0.25) is 0 Å². The van der Waals surface area contributed by atoms with Crippen LogP contribution in [0, 0.1) is 20.8 Å². The maximum absolute atomic E-state index is 4.85. The van der Waals surface area contributed by atoms with Crippen LogP contribution in [0.25, 0.3) is 204 Å². The zero-order valence-electron chi connectivity index (χ0n) is 67.4. The number of aromatic nitrogens is 6. The van der Waals surface area contributed by atoms with E-state index in [1.807, 2.05) is 35.3 Å². The van der Waals surface area contributed by atoms with E-state index in [9.17, 15) is 0 Å². The predicted octanol–water partition coefficient (Wildman–Crippen LogP) is 31.7. The number of para-hydroxylation sites is 3. The van der Waals surface area contributed by atoms with Crippen molar-refractivity contribution in [2.24, 2.45) is 0 Å². The van der Waals surface area contributed by atoms with Gasteiger partial charge in [0.15, 0.2) is 0 Å². The van der Waals surface area contributed by atoms with Crippen LogP contribution in [0.15, 0.2) is 424 Å². The number of hydrogen-bond donors (Lipinski definition) is 0. The van der Waals surface area contributed by atoms with Gasteiger partial charge in [-0.2, -0.15) is 0 Å². The molecule has 6 heterocycles. The molecule has 0 saturated heterocycles. The Kier molecular flexibility index (Phi) is 17.3. The molecular formula is C114H74N6S3. The molecule has 6 nitrogen and oxygen atoms in total. The molecule has 123 heavy (non-hydrogen) atoms. The number of benzene rings is 20. The topological polar surface area (TPSA) is 53.5 Å². The molecule has 0 unspecified atom stereocenters. The van der Waals surface area contributed by atoms with E-state index in [4.69, 9.17) is 15.0 Å². The second-order valence-electron chi connectivity index (χ2n) is 32.2. The fourth-order valence-electron chi connectivity index (χ4n) is 19.0. The lowest BCUT2D eigenvalue weighted by Crippen LogP contribution is -2.03. The van der Waals surface area contributed by atoms with Gasteiger partial charge < -0.3 is 0 Å². The minimum absolute atomic E-state index is 1.02. The lowest BCUT2D eigenvalue weighted by atomic mass is 9.84. The van der Waals surface area contributed by atoms with E-state index in [-0.39, 0.29) is 0 Å². The molecule has 20 aromatic carbocycles. The monoisotopic (exact) mass is 1620 g/mol. The fourth-order valence-corrected chi connectivity index (χ4v) is 22.4. The first-order valence-corrected chi connectivity index (χ1v) is 44.3. The van der Waals surface area contributed by atoms with Gasteiger partial charge in [-0.25, -0.2) is 15.0 Å². The van der Waals surface area contributed by atoms with Gasteiger partial charge in [-0.3, -0.25) is 13.7 Å². The SMILES string of the molecule is Cc1nc2cccc3c2n1-c1ccc(-c2ccc(-c4ccc5c(-c6ccc7ccccc7c6)c6ccccc6c(-c6ccc7ccccc7c6)c5c4)cc2)cc1S3.Cc1nc2cccc3c2n1-c1ccc(-c2ccc(-c4ccc5ccccc5c4)cc2)cc1S3.Cc1nc2cccc3c2n1-c1ccc(-c2ccc4cc(-c5ccccc5)ccc4c2)cc1S3. The number of nitrogens with zero attached hydrogens (tertiary/aromatic N) is 6. The van der Waals surface area contributed by atoms with Crippen molar-refractivity contribution in [3.05, 3.63) is 412 Å².